The summed E-state index contributed by atoms with van der Waals surface area (Å²) in [6.07, 6.45) is 2.36. The normalized spacial score (nSPS) is 19.0. The van der Waals surface area contributed by atoms with Crippen LogP contribution in [-0.2, 0) is 24.3 Å². The Labute approximate surface area is 175 Å². The fraction of sp³-hybridized carbons (Fsp3) is 0.348. The molecular formula is C23H26N4O3. The van der Waals surface area contributed by atoms with Crippen molar-refractivity contribution in [2.45, 2.75) is 38.0 Å². The van der Waals surface area contributed by atoms with Crippen LogP contribution in [0.1, 0.15) is 29.2 Å². The van der Waals surface area contributed by atoms with Gasteiger partial charge in [-0.1, -0.05) is 65.9 Å². The molecule has 0 aliphatic carbocycles. The van der Waals surface area contributed by atoms with Gasteiger partial charge in [0.2, 0.25) is 0 Å². The smallest absolute Gasteiger partial charge is 0.407 e. The molecule has 2 aromatic carbocycles. The summed E-state index contributed by atoms with van der Waals surface area (Å²) in [6.45, 7) is 2.00. The van der Waals surface area contributed by atoms with Gasteiger partial charge >= 0.3 is 6.09 Å². The molecule has 1 aliphatic heterocycles. The lowest BCUT2D eigenvalue weighted by Gasteiger charge is -2.36. The monoisotopic (exact) mass is 406 g/mol. The molecule has 0 saturated carbocycles. The minimum Gasteiger partial charge on any atom is -0.465 e. The summed E-state index contributed by atoms with van der Waals surface area (Å²) in [4.78, 5) is 12.9. The molecular weight excluding hydrogens is 380 g/mol. The zero-order valence-corrected chi connectivity index (χ0v) is 16.8. The summed E-state index contributed by atoms with van der Waals surface area (Å²) in [5.41, 5.74) is 3.19. The first kappa shape index (κ1) is 20.1. The van der Waals surface area contributed by atoms with Crippen molar-refractivity contribution in [1.29, 1.82) is 0 Å². The molecule has 0 spiro atoms. The lowest BCUT2D eigenvalue weighted by molar-refractivity contribution is -0.0208. The first-order valence-electron chi connectivity index (χ1n) is 10.3. The number of benzene rings is 2. The van der Waals surface area contributed by atoms with Crippen molar-refractivity contribution in [3.05, 3.63) is 83.7 Å². The van der Waals surface area contributed by atoms with Crippen LogP contribution in [-0.4, -0.2) is 50.3 Å². The largest absolute Gasteiger partial charge is 0.465 e. The molecule has 3 aromatic rings. The Balaban J connectivity index is 1.43. The van der Waals surface area contributed by atoms with Crippen molar-refractivity contribution in [2.24, 2.45) is 0 Å². The summed E-state index contributed by atoms with van der Waals surface area (Å²) in [7, 11) is 0. The highest BCUT2D eigenvalue weighted by molar-refractivity contribution is 5.65. The predicted octanol–water partition coefficient (Wildman–Crippen LogP) is 3.57. The molecule has 1 aliphatic rings. The van der Waals surface area contributed by atoms with Crippen molar-refractivity contribution >= 4 is 6.09 Å². The number of amides is 1. The lowest BCUT2D eigenvalue weighted by atomic mass is 9.91. The van der Waals surface area contributed by atoms with Gasteiger partial charge in [-0.05, 0) is 24.0 Å². The molecule has 2 heterocycles. The van der Waals surface area contributed by atoms with Gasteiger partial charge < -0.3 is 14.7 Å². The molecule has 1 N–H and O–H groups in total. The van der Waals surface area contributed by atoms with Crippen LogP contribution in [0.2, 0.25) is 0 Å². The number of ether oxygens (including phenoxy) is 1. The van der Waals surface area contributed by atoms with Crippen molar-refractivity contribution in [3.63, 3.8) is 0 Å². The number of carbonyl (C=O) groups is 1. The van der Waals surface area contributed by atoms with Crippen molar-refractivity contribution in [2.75, 3.05) is 13.1 Å². The van der Waals surface area contributed by atoms with Gasteiger partial charge in [0, 0.05) is 25.2 Å². The fourth-order valence-electron chi connectivity index (χ4n) is 3.86. The maximum atomic E-state index is 11.5. The Hall–Kier alpha value is -3.19. The Kier molecular flexibility index (Phi) is 6.39. The molecule has 2 atom stereocenters. The van der Waals surface area contributed by atoms with Gasteiger partial charge in [-0.25, -0.2) is 4.79 Å². The Morgan fingerprint density at radius 3 is 2.47 bits per heavy atom. The van der Waals surface area contributed by atoms with Gasteiger partial charge in [0.1, 0.15) is 0 Å². The molecule has 0 radical (unpaired) electrons. The van der Waals surface area contributed by atoms with Crippen LogP contribution in [0.3, 0.4) is 0 Å². The molecule has 1 amide bonds. The van der Waals surface area contributed by atoms with E-state index in [4.69, 9.17) is 4.74 Å². The van der Waals surface area contributed by atoms with Crippen LogP contribution < -0.4 is 0 Å². The van der Waals surface area contributed by atoms with E-state index in [0.717, 1.165) is 24.2 Å². The molecule has 0 unspecified atom stereocenters. The minimum absolute atomic E-state index is 0.0230. The zero-order valence-electron chi connectivity index (χ0n) is 16.8. The summed E-state index contributed by atoms with van der Waals surface area (Å²) < 4.78 is 8.03. The second-order valence-electron chi connectivity index (χ2n) is 7.60. The van der Waals surface area contributed by atoms with Gasteiger partial charge in [0.15, 0.2) is 0 Å². The van der Waals surface area contributed by atoms with Gasteiger partial charge in [0.05, 0.1) is 24.9 Å². The van der Waals surface area contributed by atoms with Gasteiger partial charge in [0.25, 0.3) is 0 Å². The first-order chi connectivity index (χ1) is 14.7. The predicted molar refractivity (Wildman–Crippen MR) is 112 cm³/mol. The number of aromatic nitrogens is 3. The highest BCUT2D eigenvalue weighted by Gasteiger charge is 2.34. The molecule has 4 rings (SSSR count). The maximum Gasteiger partial charge on any atom is 0.407 e. The van der Waals surface area contributed by atoms with E-state index in [1.54, 1.807) is 0 Å². The molecule has 0 bridgehead atoms. The molecule has 7 heteroatoms. The van der Waals surface area contributed by atoms with Crippen LogP contribution in [0.15, 0.2) is 66.9 Å². The van der Waals surface area contributed by atoms with Crippen LogP contribution in [0.5, 0.6) is 0 Å². The highest BCUT2D eigenvalue weighted by Crippen LogP contribution is 2.30. The second-order valence-corrected chi connectivity index (χ2v) is 7.60. The zero-order chi connectivity index (χ0) is 20.8. The average Bonchev–Trinajstić information content (AvgIpc) is 3.26. The number of carboxylic acid groups (broad SMARTS) is 1. The number of hydrogen-bond acceptors (Lipinski definition) is 4. The van der Waals surface area contributed by atoms with Crippen molar-refractivity contribution < 1.29 is 14.6 Å². The third-order valence-electron chi connectivity index (χ3n) is 5.55. The molecule has 7 nitrogen and oxygen atoms in total. The molecule has 1 fully saturated rings. The standard InChI is InChI=1S/C23H26N4O3/c28-23(29)26-13-12-20(22(16-26)30-17-19-9-5-2-6-10-19)21-15-27(25-24-21)14-11-18-7-3-1-4-8-18/h1-10,15,20,22H,11-14,16-17H2,(H,28,29)/t20-,22+/m0/s1. The number of likely N-dealkylation sites (tertiary alicyclic amines) is 1. The van der Waals surface area contributed by atoms with E-state index in [9.17, 15) is 9.90 Å². The summed E-state index contributed by atoms with van der Waals surface area (Å²) in [5, 5.41) is 18.1. The van der Waals surface area contributed by atoms with Crippen LogP contribution in [0.25, 0.3) is 0 Å². The van der Waals surface area contributed by atoms with Crippen molar-refractivity contribution in [3.8, 4) is 0 Å². The second kappa shape index (κ2) is 9.54. The molecule has 1 saturated heterocycles. The average molecular weight is 406 g/mol. The van der Waals surface area contributed by atoms with E-state index in [1.807, 2.05) is 59.4 Å². The van der Waals surface area contributed by atoms with E-state index in [2.05, 4.69) is 22.4 Å². The number of aryl methyl sites for hydroxylation is 2. The van der Waals surface area contributed by atoms with E-state index in [-0.39, 0.29) is 12.0 Å². The third kappa shape index (κ3) is 5.04. The number of hydrogen-bond donors (Lipinski definition) is 1. The summed E-state index contributed by atoms with van der Waals surface area (Å²) >= 11 is 0. The Morgan fingerprint density at radius 1 is 1.07 bits per heavy atom. The lowest BCUT2D eigenvalue weighted by Crippen LogP contribution is -2.46. The van der Waals surface area contributed by atoms with Crippen molar-refractivity contribution in [1.82, 2.24) is 19.9 Å². The number of rotatable bonds is 7. The fourth-order valence-corrected chi connectivity index (χ4v) is 3.86. The maximum absolute atomic E-state index is 11.5. The van der Waals surface area contributed by atoms with E-state index in [0.29, 0.717) is 26.1 Å². The quantitative estimate of drug-likeness (QED) is 0.649. The molecule has 30 heavy (non-hydrogen) atoms. The minimum atomic E-state index is -0.909. The van der Waals surface area contributed by atoms with E-state index < -0.39 is 6.09 Å². The molecule has 1 aromatic heterocycles. The van der Waals surface area contributed by atoms with Crippen LogP contribution in [0, 0.1) is 0 Å². The SMILES string of the molecule is O=C(O)N1CC[C@@H](c2cn(CCc3ccccc3)nn2)[C@H](OCc2ccccc2)C1. The van der Waals surface area contributed by atoms with Gasteiger partial charge in [-0.15, -0.1) is 5.10 Å². The Bertz CT molecular complexity index is 945. The van der Waals surface area contributed by atoms with Gasteiger partial charge in [-0.3, -0.25) is 4.68 Å². The topological polar surface area (TPSA) is 80.5 Å². The first-order valence-corrected chi connectivity index (χ1v) is 10.3. The number of nitrogens with zero attached hydrogens (tertiary/aromatic N) is 4. The number of piperidine rings is 1. The van der Waals surface area contributed by atoms with E-state index >= 15 is 0 Å². The van der Waals surface area contributed by atoms with Crippen LogP contribution >= 0.6 is 0 Å². The van der Waals surface area contributed by atoms with Crippen LogP contribution in [0.4, 0.5) is 4.79 Å². The third-order valence-corrected chi connectivity index (χ3v) is 5.55. The Morgan fingerprint density at radius 2 is 1.77 bits per heavy atom. The summed E-state index contributed by atoms with van der Waals surface area (Å²) in [5.74, 6) is 0.0230. The highest BCUT2D eigenvalue weighted by atomic mass is 16.5. The van der Waals surface area contributed by atoms with E-state index in [1.165, 1.54) is 10.5 Å². The van der Waals surface area contributed by atoms with Gasteiger partial charge in [-0.2, -0.15) is 0 Å². The molecule has 156 valence electrons. The summed E-state index contributed by atoms with van der Waals surface area (Å²) in [6, 6.07) is 20.2.